The summed E-state index contributed by atoms with van der Waals surface area (Å²) in [6, 6.07) is 9.76. The number of aliphatic hydroxyl groups is 1. The van der Waals surface area contributed by atoms with Crippen molar-refractivity contribution in [3.05, 3.63) is 91.8 Å². The van der Waals surface area contributed by atoms with E-state index in [-0.39, 0.29) is 32.7 Å². The van der Waals surface area contributed by atoms with Gasteiger partial charge >= 0.3 is 12.1 Å². The molecule has 1 heterocycles. The molecule has 0 saturated heterocycles. The van der Waals surface area contributed by atoms with E-state index >= 15 is 0 Å². The van der Waals surface area contributed by atoms with Gasteiger partial charge in [0, 0.05) is 30.8 Å². The van der Waals surface area contributed by atoms with Crippen molar-refractivity contribution >= 4 is 29.2 Å². The van der Waals surface area contributed by atoms with E-state index < -0.39 is 34.8 Å². The second-order valence-electron chi connectivity index (χ2n) is 7.57. The third-order valence-electron chi connectivity index (χ3n) is 5.46. The number of alkyl halides is 3. The van der Waals surface area contributed by atoms with Crippen LogP contribution in [0.1, 0.15) is 34.3 Å². The SMILES string of the molecule is CC(c1ccc(Oc2ccc(C(=O)O)cc2)c(Cl)c1Cl)C(O)(c1ccc(=O)n(C)c1)C(F)(F)F. The van der Waals surface area contributed by atoms with Gasteiger partial charge in [-0.25, -0.2) is 4.79 Å². The van der Waals surface area contributed by atoms with Gasteiger partial charge in [0.25, 0.3) is 0 Å². The number of ether oxygens (including phenoxy) is 1. The molecule has 0 fully saturated rings. The number of hydrogen-bond donors (Lipinski definition) is 2. The Labute approximate surface area is 201 Å². The Morgan fingerprint density at radius 1 is 1.03 bits per heavy atom. The van der Waals surface area contributed by atoms with Crippen molar-refractivity contribution < 1.29 is 32.9 Å². The van der Waals surface area contributed by atoms with Gasteiger partial charge in [-0.3, -0.25) is 4.79 Å². The summed E-state index contributed by atoms with van der Waals surface area (Å²) < 4.78 is 49.0. The van der Waals surface area contributed by atoms with E-state index in [0.717, 1.165) is 29.8 Å². The molecule has 2 N–H and O–H groups in total. The van der Waals surface area contributed by atoms with Crippen molar-refractivity contribution in [2.24, 2.45) is 7.05 Å². The van der Waals surface area contributed by atoms with Crippen molar-refractivity contribution in [1.29, 1.82) is 0 Å². The monoisotopic (exact) mass is 515 g/mol. The highest BCUT2D eigenvalue weighted by Crippen LogP contribution is 2.51. The van der Waals surface area contributed by atoms with Gasteiger partial charge in [0.15, 0.2) is 5.60 Å². The predicted octanol–water partition coefficient (Wildman–Crippen LogP) is 5.74. The van der Waals surface area contributed by atoms with E-state index in [1.165, 1.54) is 43.4 Å². The zero-order chi connectivity index (χ0) is 25.4. The number of hydrogen-bond acceptors (Lipinski definition) is 4. The van der Waals surface area contributed by atoms with E-state index in [9.17, 15) is 27.9 Å². The molecular formula is C23H18Cl2F3NO5. The first-order valence-electron chi connectivity index (χ1n) is 9.72. The summed E-state index contributed by atoms with van der Waals surface area (Å²) in [7, 11) is 1.27. The third kappa shape index (κ3) is 4.64. The lowest BCUT2D eigenvalue weighted by Gasteiger charge is -2.37. The minimum absolute atomic E-state index is 0.0170. The lowest BCUT2D eigenvalue weighted by atomic mass is 9.78. The molecule has 6 nitrogen and oxygen atoms in total. The zero-order valence-electron chi connectivity index (χ0n) is 17.7. The molecule has 0 aliphatic carbocycles. The van der Waals surface area contributed by atoms with Gasteiger partial charge in [-0.15, -0.1) is 0 Å². The van der Waals surface area contributed by atoms with Crippen molar-refractivity contribution in [1.82, 2.24) is 4.57 Å². The first kappa shape index (κ1) is 25.6. The molecule has 0 aliphatic heterocycles. The Bertz CT molecular complexity index is 1290. The Balaban J connectivity index is 2.02. The number of aromatic carboxylic acids is 1. The normalized spacial score (nSPS) is 14.4. The molecule has 180 valence electrons. The molecule has 2 unspecified atom stereocenters. The number of pyridine rings is 1. The topological polar surface area (TPSA) is 88.8 Å². The van der Waals surface area contributed by atoms with Gasteiger partial charge < -0.3 is 19.5 Å². The van der Waals surface area contributed by atoms with Crippen LogP contribution in [0.4, 0.5) is 13.2 Å². The summed E-state index contributed by atoms with van der Waals surface area (Å²) in [5.74, 6) is -2.51. The standard InChI is InChI=1S/C23H18Cl2F3NO5/c1-12(22(33,23(26,27)28)14-5-10-18(30)29(2)11-14)16-8-9-17(20(25)19(16)24)34-15-6-3-13(4-7-15)21(31)32/h3-12,33H,1-2H3,(H,31,32). The maximum Gasteiger partial charge on any atom is 0.422 e. The molecular weight excluding hydrogens is 498 g/mol. The molecule has 0 spiro atoms. The predicted molar refractivity (Wildman–Crippen MR) is 120 cm³/mol. The van der Waals surface area contributed by atoms with Crippen molar-refractivity contribution in [2.45, 2.75) is 24.6 Å². The number of benzene rings is 2. The summed E-state index contributed by atoms with van der Waals surface area (Å²) in [6.45, 7) is 1.14. The van der Waals surface area contributed by atoms with Crippen molar-refractivity contribution in [3.63, 3.8) is 0 Å². The summed E-state index contributed by atoms with van der Waals surface area (Å²) in [5, 5.41) is 19.4. The number of carbonyl (C=O) groups is 1. The highest BCUT2D eigenvalue weighted by Gasteiger charge is 2.59. The summed E-state index contributed by atoms with van der Waals surface area (Å²) in [6.07, 6.45) is -4.21. The van der Waals surface area contributed by atoms with Gasteiger partial charge in [0.1, 0.15) is 16.5 Å². The first-order chi connectivity index (χ1) is 15.8. The number of carboxylic acid groups (broad SMARTS) is 1. The fourth-order valence-electron chi connectivity index (χ4n) is 3.46. The number of aryl methyl sites for hydroxylation is 1. The molecule has 3 aromatic rings. The molecule has 0 radical (unpaired) electrons. The van der Waals surface area contributed by atoms with E-state index in [1.807, 2.05) is 0 Å². The first-order valence-corrected chi connectivity index (χ1v) is 10.5. The second-order valence-corrected chi connectivity index (χ2v) is 8.32. The van der Waals surface area contributed by atoms with Gasteiger partial charge in [-0.1, -0.05) is 36.2 Å². The Hall–Kier alpha value is -3.01. The van der Waals surface area contributed by atoms with Gasteiger partial charge in [-0.2, -0.15) is 13.2 Å². The number of nitrogens with zero attached hydrogens (tertiary/aromatic N) is 1. The maximum absolute atomic E-state index is 14.2. The summed E-state index contributed by atoms with van der Waals surface area (Å²) in [4.78, 5) is 22.6. The molecule has 0 amide bonds. The smallest absolute Gasteiger partial charge is 0.422 e. The van der Waals surface area contributed by atoms with E-state index in [1.54, 1.807) is 0 Å². The highest BCUT2D eigenvalue weighted by molar-refractivity contribution is 6.43. The molecule has 2 aromatic carbocycles. The number of rotatable bonds is 6. The van der Waals surface area contributed by atoms with Crippen LogP contribution in [0, 0.1) is 0 Å². The van der Waals surface area contributed by atoms with Gasteiger partial charge in [-0.05, 0) is 42.0 Å². The second kappa shape index (κ2) is 9.32. The molecule has 11 heteroatoms. The van der Waals surface area contributed by atoms with Crippen LogP contribution in [-0.4, -0.2) is 26.9 Å². The minimum atomic E-state index is -5.12. The van der Waals surface area contributed by atoms with E-state index in [4.69, 9.17) is 33.0 Å². The molecule has 34 heavy (non-hydrogen) atoms. The van der Waals surface area contributed by atoms with Crippen LogP contribution in [-0.2, 0) is 12.6 Å². The molecule has 0 aliphatic rings. The van der Waals surface area contributed by atoms with E-state index in [0.29, 0.717) is 0 Å². The molecule has 0 bridgehead atoms. The number of halogens is 5. The lowest BCUT2D eigenvalue weighted by molar-refractivity contribution is -0.274. The quantitative estimate of drug-likeness (QED) is 0.437. The maximum atomic E-state index is 14.2. The molecule has 1 aromatic heterocycles. The average Bonchev–Trinajstić information content (AvgIpc) is 2.77. The van der Waals surface area contributed by atoms with Crippen LogP contribution >= 0.6 is 23.2 Å². The van der Waals surface area contributed by atoms with Crippen LogP contribution in [0.25, 0.3) is 0 Å². The Morgan fingerprint density at radius 2 is 1.65 bits per heavy atom. The van der Waals surface area contributed by atoms with Crippen molar-refractivity contribution in [3.8, 4) is 11.5 Å². The van der Waals surface area contributed by atoms with Crippen LogP contribution in [0.15, 0.2) is 59.5 Å². The number of aromatic nitrogens is 1. The molecule has 2 atom stereocenters. The molecule has 3 rings (SSSR count). The Kier molecular flexibility index (Phi) is 7.02. The van der Waals surface area contributed by atoms with Gasteiger partial charge in [0.2, 0.25) is 5.56 Å². The lowest BCUT2D eigenvalue weighted by Crippen LogP contribution is -2.47. The van der Waals surface area contributed by atoms with Crippen LogP contribution in [0.3, 0.4) is 0 Å². The number of carboxylic acids is 1. The highest BCUT2D eigenvalue weighted by atomic mass is 35.5. The summed E-state index contributed by atoms with van der Waals surface area (Å²) >= 11 is 12.6. The van der Waals surface area contributed by atoms with Crippen LogP contribution in [0.5, 0.6) is 11.5 Å². The molecule has 0 saturated carbocycles. The summed E-state index contributed by atoms with van der Waals surface area (Å²) in [5.41, 5.74) is -4.54. The van der Waals surface area contributed by atoms with Crippen LogP contribution < -0.4 is 10.3 Å². The zero-order valence-corrected chi connectivity index (χ0v) is 19.2. The third-order valence-corrected chi connectivity index (χ3v) is 6.34. The van der Waals surface area contributed by atoms with Crippen LogP contribution in [0.2, 0.25) is 10.0 Å². The van der Waals surface area contributed by atoms with Crippen molar-refractivity contribution in [2.75, 3.05) is 0 Å². The average molecular weight is 516 g/mol. The fraction of sp³-hybridized carbons (Fsp3) is 0.217. The minimum Gasteiger partial charge on any atom is -0.478 e. The largest absolute Gasteiger partial charge is 0.478 e. The van der Waals surface area contributed by atoms with E-state index in [2.05, 4.69) is 0 Å². The Morgan fingerprint density at radius 3 is 2.18 bits per heavy atom. The fourth-order valence-corrected chi connectivity index (χ4v) is 3.99. The van der Waals surface area contributed by atoms with Gasteiger partial charge in [0.05, 0.1) is 10.6 Å².